The van der Waals surface area contributed by atoms with Crippen molar-refractivity contribution in [3.05, 3.63) is 29.8 Å². The van der Waals surface area contributed by atoms with E-state index in [2.05, 4.69) is 5.32 Å². The maximum atomic E-state index is 11.3. The number of nitrogens with one attached hydrogen (secondary N) is 1. The van der Waals surface area contributed by atoms with Crippen molar-refractivity contribution in [2.75, 3.05) is 12.4 Å². The molecule has 0 unspecified atom stereocenters. The molecule has 3 nitrogen and oxygen atoms in total. The summed E-state index contributed by atoms with van der Waals surface area (Å²) in [5.74, 6) is 0.360. The van der Waals surface area contributed by atoms with Crippen molar-refractivity contribution in [2.45, 2.75) is 0 Å². The van der Waals surface area contributed by atoms with Gasteiger partial charge in [-0.1, -0.05) is 0 Å². The highest BCUT2D eigenvalue weighted by molar-refractivity contribution is 6.18. The normalized spacial score (nSPS) is 9.62. The first kappa shape index (κ1) is 9.86. The minimum atomic E-state index is -0.180. The van der Waals surface area contributed by atoms with Crippen LogP contribution >= 0.6 is 11.6 Å². The zero-order valence-corrected chi connectivity index (χ0v) is 7.71. The van der Waals surface area contributed by atoms with Crippen LogP contribution < -0.4 is 5.32 Å². The number of hydrogen-bond donors (Lipinski definition) is 2. The fourth-order valence-corrected chi connectivity index (χ4v) is 0.970. The second-order valence-corrected chi connectivity index (χ2v) is 2.87. The van der Waals surface area contributed by atoms with Crippen LogP contribution in [0.4, 0.5) is 0 Å². The average molecular weight is 200 g/mol. The topological polar surface area (TPSA) is 49.3 Å². The van der Waals surface area contributed by atoms with Gasteiger partial charge in [0, 0.05) is 18.0 Å². The van der Waals surface area contributed by atoms with Crippen molar-refractivity contribution in [1.29, 1.82) is 0 Å². The molecule has 0 aliphatic rings. The van der Waals surface area contributed by atoms with Crippen molar-refractivity contribution in [3.8, 4) is 5.75 Å². The Bertz CT molecular complexity index is 284. The Kier molecular flexibility index (Phi) is 3.58. The van der Waals surface area contributed by atoms with E-state index >= 15 is 0 Å². The van der Waals surface area contributed by atoms with E-state index in [0.717, 1.165) is 0 Å². The van der Waals surface area contributed by atoms with Crippen molar-refractivity contribution >= 4 is 17.5 Å². The molecule has 0 aliphatic carbocycles. The summed E-state index contributed by atoms with van der Waals surface area (Å²) in [4.78, 5) is 11.3. The number of carbonyl (C=O) groups excluding carboxylic acids is 1. The van der Waals surface area contributed by atoms with Gasteiger partial charge in [0.25, 0.3) is 5.91 Å². The number of rotatable bonds is 3. The zero-order chi connectivity index (χ0) is 9.68. The van der Waals surface area contributed by atoms with Gasteiger partial charge < -0.3 is 10.4 Å². The summed E-state index contributed by atoms with van der Waals surface area (Å²) in [6.45, 7) is 0.446. The molecular formula is C9H10ClNO2. The van der Waals surface area contributed by atoms with Gasteiger partial charge in [-0.2, -0.15) is 0 Å². The van der Waals surface area contributed by atoms with Crippen LogP contribution in [0.5, 0.6) is 5.75 Å². The van der Waals surface area contributed by atoms with E-state index in [1.165, 1.54) is 12.1 Å². The molecule has 0 saturated carbocycles. The second kappa shape index (κ2) is 4.72. The molecule has 0 aliphatic heterocycles. The first-order valence-corrected chi connectivity index (χ1v) is 4.40. The molecule has 13 heavy (non-hydrogen) atoms. The molecule has 1 aromatic carbocycles. The van der Waals surface area contributed by atoms with Gasteiger partial charge in [0.05, 0.1) is 0 Å². The lowest BCUT2D eigenvalue weighted by molar-refractivity contribution is 0.0956. The molecule has 0 radical (unpaired) electrons. The van der Waals surface area contributed by atoms with Gasteiger partial charge in [0.2, 0.25) is 0 Å². The summed E-state index contributed by atoms with van der Waals surface area (Å²) < 4.78 is 0. The predicted octanol–water partition coefficient (Wildman–Crippen LogP) is 1.36. The van der Waals surface area contributed by atoms with E-state index in [4.69, 9.17) is 16.7 Å². The van der Waals surface area contributed by atoms with Crippen molar-refractivity contribution in [1.82, 2.24) is 5.32 Å². The SMILES string of the molecule is O=C(NCCCl)c1ccc(O)cc1. The van der Waals surface area contributed by atoms with E-state index in [1.807, 2.05) is 0 Å². The zero-order valence-electron chi connectivity index (χ0n) is 6.96. The van der Waals surface area contributed by atoms with E-state index in [1.54, 1.807) is 12.1 Å². The standard InChI is InChI=1S/C9H10ClNO2/c10-5-6-11-9(13)7-1-3-8(12)4-2-7/h1-4,12H,5-6H2,(H,11,13). The van der Waals surface area contributed by atoms with Gasteiger partial charge in [0.1, 0.15) is 5.75 Å². The van der Waals surface area contributed by atoms with Crippen LogP contribution in [0.3, 0.4) is 0 Å². The van der Waals surface area contributed by atoms with Crippen molar-refractivity contribution in [3.63, 3.8) is 0 Å². The molecule has 0 spiro atoms. The summed E-state index contributed by atoms with van der Waals surface area (Å²) in [5.41, 5.74) is 0.517. The van der Waals surface area contributed by atoms with Gasteiger partial charge in [-0.15, -0.1) is 11.6 Å². The number of halogens is 1. The van der Waals surface area contributed by atoms with Crippen LogP contribution in [0.25, 0.3) is 0 Å². The van der Waals surface area contributed by atoms with Crippen molar-refractivity contribution < 1.29 is 9.90 Å². The summed E-state index contributed by atoms with van der Waals surface area (Å²) in [5, 5.41) is 11.6. The van der Waals surface area contributed by atoms with Crippen LogP contribution in [0.2, 0.25) is 0 Å². The Morgan fingerprint density at radius 3 is 2.54 bits per heavy atom. The number of carbonyl (C=O) groups is 1. The fraction of sp³-hybridized carbons (Fsp3) is 0.222. The first-order valence-electron chi connectivity index (χ1n) is 3.87. The molecular weight excluding hydrogens is 190 g/mol. The third kappa shape index (κ3) is 2.95. The molecule has 0 aromatic heterocycles. The Morgan fingerprint density at radius 2 is 2.00 bits per heavy atom. The smallest absolute Gasteiger partial charge is 0.251 e. The Labute approximate surface area is 81.3 Å². The molecule has 1 amide bonds. The first-order chi connectivity index (χ1) is 6.24. The van der Waals surface area contributed by atoms with Crippen LogP contribution in [-0.2, 0) is 0 Å². The number of hydrogen-bond acceptors (Lipinski definition) is 2. The van der Waals surface area contributed by atoms with E-state index < -0.39 is 0 Å². The van der Waals surface area contributed by atoms with Crippen LogP contribution in [-0.4, -0.2) is 23.4 Å². The van der Waals surface area contributed by atoms with Crippen LogP contribution in [0.1, 0.15) is 10.4 Å². The minimum absolute atomic E-state index is 0.147. The molecule has 4 heteroatoms. The maximum Gasteiger partial charge on any atom is 0.251 e. The second-order valence-electron chi connectivity index (χ2n) is 2.49. The van der Waals surface area contributed by atoms with Crippen LogP contribution in [0, 0.1) is 0 Å². The number of alkyl halides is 1. The highest BCUT2D eigenvalue weighted by Crippen LogP contribution is 2.09. The number of benzene rings is 1. The maximum absolute atomic E-state index is 11.3. The summed E-state index contributed by atoms with van der Waals surface area (Å²) in [7, 11) is 0. The molecule has 70 valence electrons. The van der Waals surface area contributed by atoms with Gasteiger partial charge >= 0.3 is 0 Å². The molecule has 0 bridgehead atoms. The van der Waals surface area contributed by atoms with Crippen molar-refractivity contribution in [2.24, 2.45) is 0 Å². The lowest BCUT2D eigenvalue weighted by atomic mass is 10.2. The van der Waals surface area contributed by atoms with Gasteiger partial charge in [0.15, 0.2) is 0 Å². The predicted molar refractivity (Wildman–Crippen MR) is 51.2 cm³/mol. The Morgan fingerprint density at radius 1 is 1.38 bits per heavy atom. The lowest BCUT2D eigenvalue weighted by Crippen LogP contribution is -2.25. The fourth-order valence-electron chi connectivity index (χ4n) is 0.876. The number of aromatic hydroxyl groups is 1. The van der Waals surface area contributed by atoms with E-state index in [0.29, 0.717) is 18.0 Å². The highest BCUT2D eigenvalue weighted by atomic mass is 35.5. The Balaban J connectivity index is 2.61. The summed E-state index contributed by atoms with van der Waals surface area (Å²) in [6, 6.07) is 6.04. The van der Waals surface area contributed by atoms with Crippen LogP contribution in [0.15, 0.2) is 24.3 Å². The molecule has 1 rings (SSSR count). The molecule has 0 saturated heterocycles. The Hall–Kier alpha value is -1.22. The third-order valence-electron chi connectivity index (χ3n) is 1.51. The highest BCUT2D eigenvalue weighted by Gasteiger charge is 2.02. The number of phenols is 1. The molecule has 1 aromatic rings. The van der Waals surface area contributed by atoms with Gasteiger partial charge in [-0.3, -0.25) is 4.79 Å². The van der Waals surface area contributed by atoms with E-state index in [-0.39, 0.29) is 11.7 Å². The molecule has 2 N–H and O–H groups in total. The lowest BCUT2D eigenvalue weighted by Gasteiger charge is -2.02. The summed E-state index contributed by atoms with van der Waals surface area (Å²) >= 11 is 5.40. The van der Waals surface area contributed by atoms with Gasteiger partial charge in [-0.25, -0.2) is 0 Å². The number of phenolic OH excluding ortho intramolecular Hbond substituents is 1. The largest absolute Gasteiger partial charge is 0.508 e. The number of amides is 1. The van der Waals surface area contributed by atoms with Gasteiger partial charge in [-0.05, 0) is 24.3 Å². The average Bonchev–Trinajstić information content (AvgIpc) is 2.15. The summed E-state index contributed by atoms with van der Waals surface area (Å²) in [6.07, 6.45) is 0. The monoisotopic (exact) mass is 199 g/mol. The minimum Gasteiger partial charge on any atom is -0.508 e. The molecule has 0 atom stereocenters. The quantitative estimate of drug-likeness (QED) is 0.723. The molecule has 0 heterocycles. The molecule has 0 fully saturated rings. The van der Waals surface area contributed by atoms with E-state index in [9.17, 15) is 4.79 Å². The third-order valence-corrected chi connectivity index (χ3v) is 1.70.